The first-order valence-corrected chi connectivity index (χ1v) is 25.1. The van der Waals surface area contributed by atoms with E-state index in [0.717, 1.165) is 41.7 Å². The summed E-state index contributed by atoms with van der Waals surface area (Å²) in [6.45, 7) is 23.3. The van der Waals surface area contributed by atoms with E-state index in [1.165, 1.54) is 67.3 Å². The van der Waals surface area contributed by atoms with Crippen LogP contribution in [-0.4, -0.2) is 46.1 Å². The Labute approximate surface area is 371 Å². The Hall–Kier alpha value is -4.69. The van der Waals surface area contributed by atoms with E-state index in [0.29, 0.717) is 0 Å². The molecule has 0 saturated carbocycles. The molecule has 0 aliphatic carbocycles. The molecular weight excluding hydrogens is 881 g/mol. The Balaban J connectivity index is 0.000000186. The third-order valence-electron chi connectivity index (χ3n) is 10.4. The number of ether oxygens (including phenoxy) is 4. The van der Waals surface area contributed by atoms with Gasteiger partial charge >= 0.3 is 73.4 Å². The SMILES string of the molecule is COc1cc(C)c(N2C=CN(c3c(C)cc(OC)cc3C)[CH-]2)c(C)c1.COc1cc(C)c(N2[CH-]N(c3c(C)cc(OC)cc3C)CC2)c(C)c1.[Cl][Ru]([Cl])=[CH]c1ccccc1. The molecule has 2 aliphatic heterocycles. The summed E-state index contributed by atoms with van der Waals surface area (Å²) < 4.78 is 23.4. The van der Waals surface area contributed by atoms with Crippen molar-refractivity contribution in [2.24, 2.45) is 0 Å². The molecule has 7 rings (SSSR count). The van der Waals surface area contributed by atoms with Crippen LogP contribution in [-0.2, 0) is 13.5 Å². The van der Waals surface area contributed by atoms with Crippen LogP contribution in [0.1, 0.15) is 50.1 Å². The number of anilines is 4. The maximum absolute atomic E-state index is 5.67. The van der Waals surface area contributed by atoms with Gasteiger partial charge in [0.2, 0.25) is 0 Å². The second-order valence-corrected chi connectivity index (χ2v) is 20.6. The number of halogens is 2. The molecule has 0 spiro atoms. The monoisotopic (exact) mass is 938 g/mol. The number of benzene rings is 5. The molecule has 0 N–H and O–H groups in total. The normalized spacial score (nSPS) is 13.3. The molecule has 5 aromatic rings. The topological polar surface area (TPSA) is 49.9 Å². The molecule has 11 heteroatoms. The molecule has 5 aromatic carbocycles. The number of methoxy groups -OCH3 is 4. The molecule has 0 unspecified atom stereocenters. The molecule has 0 amide bonds. The zero-order valence-electron chi connectivity index (χ0n) is 36.8. The van der Waals surface area contributed by atoms with Gasteiger partial charge in [0.15, 0.2) is 0 Å². The molecule has 2 aliphatic rings. The standard InChI is InChI=1S/C21H27N2O2.C21H25N2O2.C7H6.2ClH.Ru/c2*1-14-9-18(24-5)10-15(2)20(14)22-7-8-23(13-22)21-16(3)11-19(25-6)12-17(21)4;1-7-5-3-2-4-6-7;;;/h9-13H,7-8H2,1-6H3;7-13H,1-6H3;1-6H;2*1H;/q2*-1;;;;+2/p-2. The number of hydrogen-bond donors (Lipinski definition) is 0. The zero-order chi connectivity index (χ0) is 43.7. The summed E-state index contributed by atoms with van der Waals surface area (Å²) in [6, 6.07) is 26.6. The van der Waals surface area contributed by atoms with Gasteiger partial charge in [-0.05, 0) is 161 Å². The number of nitrogens with zero attached hydrogens (tertiary/aromatic N) is 4. The first-order valence-electron chi connectivity index (χ1n) is 19.6. The van der Waals surface area contributed by atoms with E-state index in [-0.39, 0.29) is 0 Å². The summed E-state index contributed by atoms with van der Waals surface area (Å²) in [4.78, 5) is 9.00. The van der Waals surface area contributed by atoms with E-state index < -0.39 is 13.5 Å². The van der Waals surface area contributed by atoms with Crippen LogP contribution in [0.3, 0.4) is 0 Å². The summed E-state index contributed by atoms with van der Waals surface area (Å²) >= 11 is -1.61. The average molecular weight is 939 g/mol. The quantitative estimate of drug-likeness (QED) is 0.107. The van der Waals surface area contributed by atoms with Gasteiger partial charge in [-0.15, -0.1) is 6.67 Å². The number of rotatable bonds is 9. The second kappa shape index (κ2) is 21.2. The molecular formula is C49H58Cl2N4O4Ru-2. The third kappa shape index (κ3) is 11.4. The summed E-state index contributed by atoms with van der Waals surface area (Å²) in [7, 11) is 18.2. The van der Waals surface area contributed by atoms with Gasteiger partial charge in [0.1, 0.15) is 23.0 Å². The van der Waals surface area contributed by atoms with Crippen molar-refractivity contribution in [2.75, 3.05) is 61.1 Å². The predicted octanol–water partition coefficient (Wildman–Crippen LogP) is 12.0. The van der Waals surface area contributed by atoms with Crippen LogP contribution in [0.4, 0.5) is 22.7 Å². The molecule has 1 saturated heterocycles. The van der Waals surface area contributed by atoms with Gasteiger partial charge in [0.25, 0.3) is 0 Å². The van der Waals surface area contributed by atoms with Gasteiger partial charge in [0, 0.05) is 35.8 Å². The van der Waals surface area contributed by atoms with E-state index in [2.05, 4.69) is 149 Å². The molecule has 60 heavy (non-hydrogen) atoms. The fourth-order valence-electron chi connectivity index (χ4n) is 7.92. The Morgan fingerprint density at radius 2 is 0.767 bits per heavy atom. The van der Waals surface area contributed by atoms with Crippen LogP contribution < -0.4 is 38.5 Å². The number of hydrogen-bond acceptors (Lipinski definition) is 8. The van der Waals surface area contributed by atoms with Crippen molar-refractivity contribution < 1.29 is 32.5 Å². The van der Waals surface area contributed by atoms with Crippen LogP contribution in [0.5, 0.6) is 23.0 Å². The molecule has 322 valence electrons. The summed E-state index contributed by atoms with van der Waals surface area (Å²) in [5.74, 6) is 3.61. The van der Waals surface area contributed by atoms with Gasteiger partial charge in [-0.3, -0.25) is 0 Å². The van der Waals surface area contributed by atoms with Crippen molar-refractivity contribution in [3.05, 3.63) is 155 Å². The van der Waals surface area contributed by atoms with Gasteiger partial charge in [0.05, 0.1) is 28.4 Å². The van der Waals surface area contributed by atoms with Crippen molar-refractivity contribution in [1.82, 2.24) is 0 Å². The summed E-state index contributed by atoms with van der Waals surface area (Å²) in [5, 5.41) is 0. The Morgan fingerprint density at radius 3 is 1.05 bits per heavy atom. The molecule has 8 nitrogen and oxygen atoms in total. The Bertz CT molecular complexity index is 2110. The van der Waals surface area contributed by atoms with Crippen molar-refractivity contribution in [2.45, 2.75) is 55.4 Å². The van der Waals surface area contributed by atoms with E-state index in [9.17, 15) is 0 Å². The van der Waals surface area contributed by atoms with Crippen molar-refractivity contribution in [1.29, 1.82) is 0 Å². The van der Waals surface area contributed by atoms with Crippen molar-refractivity contribution in [3.8, 4) is 23.0 Å². The molecule has 1 fully saturated rings. The van der Waals surface area contributed by atoms with Crippen LogP contribution in [0, 0.1) is 68.7 Å². The average Bonchev–Trinajstić information content (AvgIpc) is 3.88. The fourth-order valence-corrected chi connectivity index (χ4v) is 9.75. The Morgan fingerprint density at radius 1 is 0.467 bits per heavy atom. The fraction of sp³-hybridized carbons (Fsp3) is 0.286. The summed E-state index contributed by atoms with van der Waals surface area (Å²) in [5.41, 5.74) is 15.7. The van der Waals surface area contributed by atoms with Gasteiger partial charge < -0.3 is 38.5 Å². The molecule has 0 aromatic heterocycles. The molecule has 2 heterocycles. The Kier molecular flexibility index (Phi) is 16.4. The van der Waals surface area contributed by atoms with Crippen LogP contribution in [0.25, 0.3) is 0 Å². The first kappa shape index (κ1) is 46.4. The van der Waals surface area contributed by atoms with Crippen LogP contribution >= 0.6 is 19.4 Å². The molecule has 0 atom stereocenters. The van der Waals surface area contributed by atoms with E-state index >= 15 is 0 Å². The minimum absolute atomic E-state index is 0.889. The van der Waals surface area contributed by atoms with Crippen LogP contribution in [0.15, 0.2) is 91.3 Å². The van der Waals surface area contributed by atoms with Crippen molar-refractivity contribution in [3.63, 3.8) is 0 Å². The number of aryl methyl sites for hydroxylation is 8. The van der Waals surface area contributed by atoms with E-state index in [1.807, 2.05) is 34.9 Å². The molecule has 0 bridgehead atoms. The minimum atomic E-state index is -1.61. The second-order valence-electron chi connectivity index (χ2n) is 14.9. The summed E-state index contributed by atoms with van der Waals surface area (Å²) in [6.07, 6.45) is 4.18. The third-order valence-corrected chi connectivity index (χ3v) is 12.3. The predicted molar refractivity (Wildman–Crippen MR) is 251 cm³/mol. The van der Waals surface area contributed by atoms with Crippen molar-refractivity contribution >= 4 is 46.7 Å². The zero-order valence-corrected chi connectivity index (χ0v) is 40.1. The molecule has 0 radical (unpaired) electrons. The maximum atomic E-state index is 5.67. The van der Waals surface area contributed by atoms with E-state index in [4.69, 9.17) is 38.3 Å². The van der Waals surface area contributed by atoms with Crippen LogP contribution in [0.2, 0.25) is 0 Å². The van der Waals surface area contributed by atoms with E-state index in [1.54, 1.807) is 28.4 Å². The van der Waals surface area contributed by atoms with Gasteiger partial charge in [-0.1, -0.05) is 0 Å². The van der Waals surface area contributed by atoms with Gasteiger partial charge in [-0.25, -0.2) is 0 Å². The van der Waals surface area contributed by atoms with Gasteiger partial charge in [-0.2, -0.15) is 6.67 Å². The first-order chi connectivity index (χ1) is 28.7.